The number of amides is 2. The molecule has 0 fully saturated rings. The highest BCUT2D eigenvalue weighted by atomic mass is 35.5. The van der Waals surface area contributed by atoms with Gasteiger partial charge in [-0.2, -0.15) is 0 Å². The average Bonchev–Trinajstić information content (AvgIpc) is 2.56. The number of carbonyl (C=O) groups is 2. The zero-order valence-corrected chi connectivity index (χ0v) is 16.6. The minimum absolute atomic E-state index is 0. The lowest BCUT2D eigenvalue weighted by atomic mass is 10.0. The van der Waals surface area contributed by atoms with E-state index >= 15 is 0 Å². The smallest absolute Gasteiger partial charge is 0.224 e. The number of rotatable bonds is 9. The first-order chi connectivity index (χ1) is 11.3. The summed E-state index contributed by atoms with van der Waals surface area (Å²) in [6, 6.07) is 9.91. The summed E-state index contributed by atoms with van der Waals surface area (Å²) in [5.41, 5.74) is 7.09. The summed E-state index contributed by atoms with van der Waals surface area (Å²) in [4.78, 5) is 27.5. The van der Waals surface area contributed by atoms with Crippen LogP contribution >= 0.6 is 12.4 Å². The third-order valence-electron chi connectivity index (χ3n) is 4.34. The Morgan fingerprint density at radius 1 is 1.12 bits per heavy atom. The highest BCUT2D eigenvalue weighted by molar-refractivity contribution is 5.85. The summed E-state index contributed by atoms with van der Waals surface area (Å²) in [5.74, 6) is 0.439. The van der Waals surface area contributed by atoms with Crippen LogP contribution in [0.15, 0.2) is 30.3 Å². The molecule has 0 saturated carbocycles. The first-order valence-electron chi connectivity index (χ1n) is 8.60. The molecular weight excluding hydrogens is 338 g/mol. The topological polar surface area (TPSA) is 66.6 Å². The van der Waals surface area contributed by atoms with E-state index in [1.807, 2.05) is 30.3 Å². The van der Waals surface area contributed by atoms with Gasteiger partial charge >= 0.3 is 0 Å². The van der Waals surface area contributed by atoms with Gasteiger partial charge in [0, 0.05) is 46.1 Å². The first kappa shape index (κ1) is 23.4. The van der Waals surface area contributed by atoms with Gasteiger partial charge in [-0.3, -0.25) is 9.59 Å². The molecule has 0 bridgehead atoms. The predicted molar refractivity (Wildman–Crippen MR) is 104 cm³/mol. The minimum Gasteiger partial charge on any atom is -0.346 e. The van der Waals surface area contributed by atoms with Gasteiger partial charge < -0.3 is 15.5 Å². The molecule has 1 unspecified atom stereocenters. The Bertz CT molecular complexity index is 523. The molecule has 25 heavy (non-hydrogen) atoms. The van der Waals surface area contributed by atoms with E-state index in [9.17, 15) is 9.59 Å². The molecule has 0 aromatic heterocycles. The van der Waals surface area contributed by atoms with Crippen LogP contribution in [0.4, 0.5) is 0 Å². The molecule has 6 heteroatoms. The number of nitrogens with zero attached hydrogens (tertiary/aromatic N) is 2. The minimum atomic E-state index is -0.0175. The summed E-state index contributed by atoms with van der Waals surface area (Å²) in [7, 11) is 1.80. The van der Waals surface area contributed by atoms with Gasteiger partial charge in [-0.1, -0.05) is 44.2 Å². The van der Waals surface area contributed by atoms with Gasteiger partial charge in [-0.25, -0.2) is 0 Å². The van der Waals surface area contributed by atoms with Gasteiger partial charge in [0.1, 0.15) is 0 Å². The van der Waals surface area contributed by atoms with Crippen LogP contribution in [0.25, 0.3) is 0 Å². The van der Waals surface area contributed by atoms with Crippen LogP contribution in [0, 0.1) is 5.92 Å². The molecule has 0 aliphatic rings. The molecule has 5 nitrogen and oxygen atoms in total. The van der Waals surface area contributed by atoms with Crippen LogP contribution in [0.2, 0.25) is 0 Å². The van der Waals surface area contributed by atoms with Crippen LogP contribution in [-0.4, -0.2) is 47.8 Å². The average molecular weight is 370 g/mol. The summed E-state index contributed by atoms with van der Waals surface area (Å²) >= 11 is 0. The van der Waals surface area contributed by atoms with Gasteiger partial charge in [0.05, 0.1) is 0 Å². The predicted octanol–water partition coefficient (Wildman–Crippen LogP) is 2.68. The van der Waals surface area contributed by atoms with E-state index in [-0.39, 0.29) is 30.3 Å². The van der Waals surface area contributed by atoms with E-state index in [4.69, 9.17) is 5.73 Å². The fraction of sp³-hybridized carbons (Fsp3) is 0.579. The molecular formula is C19H32ClN3O2. The Morgan fingerprint density at radius 3 is 2.24 bits per heavy atom. The van der Waals surface area contributed by atoms with Crippen molar-refractivity contribution in [2.45, 2.75) is 46.2 Å². The highest BCUT2D eigenvalue weighted by Gasteiger charge is 2.15. The van der Waals surface area contributed by atoms with Crippen LogP contribution in [0.5, 0.6) is 0 Å². The molecule has 142 valence electrons. The van der Waals surface area contributed by atoms with Crippen LogP contribution in [-0.2, 0) is 16.1 Å². The molecule has 1 aromatic carbocycles. The second kappa shape index (κ2) is 11.9. The summed E-state index contributed by atoms with van der Waals surface area (Å²) in [6.07, 6.45) is 1.13. The zero-order valence-electron chi connectivity index (χ0n) is 15.8. The van der Waals surface area contributed by atoms with Crippen molar-refractivity contribution in [3.05, 3.63) is 35.9 Å². The first-order valence-corrected chi connectivity index (χ1v) is 8.60. The molecule has 0 aliphatic carbocycles. The van der Waals surface area contributed by atoms with Crippen molar-refractivity contribution < 1.29 is 9.59 Å². The molecule has 0 aliphatic heterocycles. The summed E-state index contributed by atoms with van der Waals surface area (Å²) in [5, 5.41) is 0. The van der Waals surface area contributed by atoms with E-state index in [2.05, 4.69) is 13.8 Å². The molecule has 1 atom stereocenters. The van der Waals surface area contributed by atoms with Gasteiger partial charge in [-0.15, -0.1) is 12.4 Å². The van der Waals surface area contributed by atoms with Crippen molar-refractivity contribution in [2.24, 2.45) is 11.7 Å². The highest BCUT2D eigenvalue weighted by Crippen LogP contribution is 2.07. The number of halogens is 1. The molecule has 2 N–H and O–H groups in total. The Morgan fingerprint density at radius 2 is 1.72 bits per heavy atom. The molecule has 1 aromatic rings. The standard InChI is InChI=1S/C19H31N3O2.ClH/c1-15(2)18(20)10-12-21(4)19(24)11-13-22(16(3)23)14-17-8-6-5-7-9-17;/h5-9,15,18H,10-14,20H2,1-4H3;1H. The van der Waals surface area contributed by atoms with Crippen LogP contribution in [0.1, 0.15) is 39.2 Å². The second-order valence-corrected chi connectivity index (χ2v) is 6.69. The quantitative estimate of drug-likeness (QED) is 0.727. The molecule has 0 radical (unpaired) electrons. The summed E-state index contributed by atoms with van der Waals surface area (Å²) in [6.45, 7) is 7.33. The SMILES string of the molecule is CC(=O)N(CCC(=O)N(C)CCC(N)C(C)C)Cc1ccccc1.Cl. The Kier molecular flexibility index (Phi) is 11.1. The van der Waals surface area contributed by atoms with Crippen LogP contribution in [0.3, 0.4) is 0 Å². The van der Waals surface area contributed by atoms with Crippen molar-refractivity contribution in [1.82, 2.24) is 9.80 Å². The van der Waals surface area contributed by atoms with Crippen molar-refractivity contribution in [2.75, 3.05) is 20.1 Å². The second-order valence-electron chi connectivity index (χ2n) is 6.69. The molecule has 1 rings (SSSR count). The van der Waals surface area contributed by atoms with Crippen molar-refractivity contribution in [3.63, 3.8) is 0 Å². The number of hydrogen-bond acceptors (Lipinski definition) is 3. The number of hydrogen-bond donors (Lipinski definition) is 1. The van der Waals surface area contributed by atoms with E-state index in [0.29, 0.717) is 32.0 Å². The van der Waals surface area contributed by atoms with Crippen LogP contribution < -0.4 is 5.73 Å². The number of nitrogens with two attached hydrogens (primary N) is 1. The van der Waals surface area contributed by atoms with E-state index in [1.165, 1.54) is 0 Å². The zero-order chi connectivity index (χ0) is 18.1. The van der Waals surface area contributed by atoms with Crippen molar-refractivity contribution in [3.8, 4) is 0 Å². The molecule has 0 spiro atoms. The number of benzene rings is 1. The van der Waals surface area contributed by atoms with E-state index < -0.39 is 0 Å². The maximum Gasteiger partial charge on any atom is 0.224 e. The third kappa shape index (κ3) is 8.89. The van der Waals surface area contributed by atoms with Gasteiger partial charge in [0.15, 0.2) is 0 Å². The lowest BCUT2D eigenvalue weighted by Crippen LogP contribution is -2.37. The van der Waals surface area contributed by atoms with Gasteiger partial charge in [0.2, 0.25) is 11.8 Å². The molecule has 2 amide bonds. The van der Waals surface area contributed by atoms with Gasteiger partial charge in [-0.05, 0) is 17.9 Å². The fourth-order valence-electron chi connectivity index (χ4n) is 2.37. The third-order valence-corrected chi connectivity index (χ3v) is 4.34. The van der Waals surface area contributed by atoms with E-state index in [1.54, 1.807) is 23.8 Å². The Balaban J connectivity index is 0.00000576. The summed E-state index contributed by atoms with van der Waals surface area (Å²) < 4.78 is 0. The maximum absolute atomic E-state index is 12.3. The van der Waals surface area contributed by atoms with Gasteiger partial charge in [0.25, 0.3) is 0 Å². The molecule has 0 heterocycles. The van der Waals surface area contributed by atoms with Crippen molar-refractivity contribution >= 4 is 24.2 Å². The fourth-order valence-corrected chi connectivity index (χ4v) is 2.37. The lowest BCUT2D eigenvalue weighted by molar-refractivity contribution is -0.133. The monoisotopic (exact) mass is 369 g/mol. The Hall–Kier alpha value is -1.59. The maximum atomic E-state index is 12.3. The lowest BCUT2D eigenvalue weighted by Gasteiger charge is -2.24. The Labute approximate surface area is 158 Å². The largest absolute Gasteiger partial charge is 0.346 e. The normalized spacial score (nSPS) is 11.6. The van der Waals surface area contributed by atoms with Crippen molar-refractivity contribution in [1.29, 1.82) is 0 Å². The van der Waals surface area contributed by atoms with E-state index in [0.717, 1.165) is 12.0 Å². The molecule has 0 saturated heterocycles. The number of carbonyl (C=O) groups excluding carboxylic acids is 2.